The largest absolute Gasteiger partial charge is 0.353 e. The summed E-state index contributed by atoms with van der Waals surface area (Å²) in [5.41, 5.74) is 3.58. The molecule has 0 unspecified atom stereocenters. The molecule has 1 aliphatic rings. The molecule has 1 aliphatic carbocycles. The van der Waals surface area contributed by atoms with Gasteiger partial charge in [-0.05, 0) is 43.2 Å². The summed E-state index contributed by atoms with van der Waals surface area (Å²) in [5, 5.41) is 9.99. The van der Waals surface area contributed by atoms with E-state index in [9.17, 15) is 14.0 Å². The van der Waals surface area contributed by atoms with E-state index < -0.39 is 17.6 Å². The molecule has 0 radical (unpaired) electrons. The van der Waals surface area contributed by atoms with Crippen LogP contribution in [-0.2, 0) is 9.59 Å². The molecule has 0 heterocycles. The van der Waals surface area contributed by atoms with Gasteiger partial charge in [0.1, 0.15) is 5.82 Å². The van der Waals surface area contributed by atoms with E-state index in [0.717, 1.165) is 32.1 Å². The van der Waals surface area contributed by atoms with Gasteiger partial charge in [-0.2, -0.15) is 5.10 Å². The fourth-order valence-electron chi connectivity index (χ4n) is 3.17. The Bertz CT molecular complexity index is 913. The molecular formula is C21H22ClFN4O2. The topological polar surface area (TPSA) is 82.6 Å². The lowest BCUT2D eigenvalue weighted by Crippen LogP contribution is -2.44. The predicted molar refractivity (Wildman–Crippen MR) is 112 cm³/mol. The van der Waals surface area contributed by atoms with Crippen molar-refractivity contribution in [3.8, 4) is 0 Å². The van der Waals surface area contributed by atoms with E-state index in [2.05, 4.69) is 21.2 Å². The summed E-state index contributed by atoms with van der Waals surface area (Å²) in [6.45, 7) is 0. The van der Waals surface area contributed by atoms with Gasteiger partial charge in [0.2, 0.25) is 0 Å². The summed E-state index contributed by atoms with van der Waals surface area (Å²) >= 11 is 6.04. The Kier molecular flexibility index (Phi) is 7.19. The van der Waals surface area contributed by atoms with Crippen molar-refractivity contribution < 1.29 is 14.0 Å². The molecule has 29 heavy (non-hydrogen) atoms. The number of carbonyl (C=O) groups excluding carboxylic acids is 2. The summed E-state index contributed by atoms with van der Waals surface area (Å²) in [6, 6.07) is 11.2. The molecule has 1 saturated carbocycles. The number of anilines is 2. The monoisotopic (exact) mass is 416 g/mol. The lowest BCUT2D eigenvalue weighted by atomic mass is 9.95. The normalized spacial score (nSPS) is 14.6. The molecule has 6 nitrogen and oxygen atoms in total. The average molecular weight is 417 g/mol. The fourth-order valence-corrected chi connectivity index (χ4v) is 3.35. The van der Waals surface area contributed by atoms with Gasteiger partial charge < -0.3 is 10.6 Å². The molecule has 3 N–H and O–H groups in total. The molecule has 2 amide bonds. The van der Waals surface area contributed by atoms with Crippen molar-refractivity contribution in [1.82, 2.24) is 10.7 Å². The summed E-state index contributed by atoms with van der Waals surface area (Å²) in [6.07, 6.45) is 6.38. The van der Waals surface area contributed by atoms with Crippen molar-refractivity contribution in [2.24, 2.45) is 5.10 Å². The van der Waals surface area contributed by atoms with Gasteiger partial charge >= 0.3 is 11.8 Å². The third-order valence-electron chi connectivity index (χ3n) is 4.67. The van der Waals surface area contributed by atoms with Crippen LogP contribution in [0.5, 0.6) is 0 Å². The second kappa shape index (κ2) is 10.0. The lowest BCUT2D eigenvalue weighted by Gasteiger charge is -2.22. The smallest absolute Gasteiger partial charge is 0.329 e. The molecule has 3 rings (SSSR count). The van der Waals surface area contributed by atoms with Crippen LogP contribution in [-0.4, -0.2) is 24.1 Å². The minimum atomic E-state index is -0.836. The molecule has 1 fully saturated rings. The quantitative estimate of drug-likeness (QED) is 0.389. The number of carbonyl (C=O) groups is 2. The van der Waals surface area contributed by atoms with Crippen molar-refractivity contribution in [2.45, 2.75) is 38.1 Å². The fraction of sp³-hybridized carbons (Fsp3) is 0.286. The summed E-state index contributed by atoms with van der Waals surface area (Å²) in [5.74, 6) is -1.94. The van der Waals surface area contributed by atoms with Crippen molar-refractivity contribution in [2.75, 3.05) is 5.32 Å². The van der Waals surface area contributed by atoms with E-state index in [1.807, 2.05) is 0 Å². The number of hydrogen-bond acceptors (Lipinski definition) is 4. The highest BCUT2D eigenvalue weighted by Gasteiger charge is 2.20. The first-order chi connectivity index (χ1) is 14.0. The lowest BCUT2D eigenvalue weighted by molar-refractivity contribution is -0.139. The number of hydrazone groups is 1. The van der Waals surface area contributed by atoms with Gasteiger partial charge in [0.15, 0.2) is 0 Å². The van der Waals surface area contributed by atoms with Crippen LogP contribution in [0.2, 0.25) is 5.02 Å². The first-order valence-corrected chi connectivity index (χ1v) is 9.86. The van der Waals surface area contributed by atoms with Crippen LogP contribution in [0.15, 0.2) is 47.6 Å². The number of benzene rings is 2. The van der Waals surface area contributed by atoms with Gasteiger partial charge in [-0.1, -0.05) is 43.0 Å². The van der Waals surface area contributed by atoms with Gasteiger partial charge in [0.05, 0.1) is 11.9 Å². The molecule has 0 atom stereocenters. The van der Waals surface area contributed by atoms with Gasteiger partial charge in [-0.25, -0.2) is 9.82 Å². The standard InChI is InChI=1S/C21H22ClFN4O2/c22-15-10-11-18(26-19-9-5-4-8-17(19)23)14(12-15)13-24-27-21(29)20(28)25-16-6-2-1-3-7-16/h4-5,8-13,16,26H,1-3,6-7H2,(H,25,28)(H,27,29)/b24-13-. The van der Waals surface area contributed by atoms with Gasteiger partial charge in [-0.15, -0.1) is 0 Å². The number of nitrogens with zero attached hydrogens (tertiary/aromatic N) is 1. The van der Waals surface area contributed by atoms with E-state index in [0.29, 0.717) is 22.0 Å². The van der Waals surface area contributed by atoms with E-state index in [1.165, 1.54) is 12.3 Å². The maximum atomic E-state index is 13.9. The Balaban J connectivity index is 1.63. The first kappa shape index (κ1) is 20.8. The molecule has 0 aromatic heterocycles. The highest BCUT2D eigenvalue weighted by molar-refractivity contribution is 6.35. The Morgan fingerprint density at radius 1 is 1.03 bits per heavy atom. The Hall–Kier alpha value is -2.93. The minimum absolute atomic E-state index is 0.0375. The maximum Gasteiger partial charge on any atom is 0.329 e. The molecular weight excluding hydrogens is 395 g/mol. The van der Waals surface area contributed by atoms with Crippen LogP contribution in [0.4, 0.5) is 15.8 Å². The summed E-state index contributed by atoms with van der Waals surface area (Å²) in [4.78, 5) is 23.9. The van der Waals surface area contributed by atoms with E-state index in [1.54, 1.807) is 36.4 Å². The van der Waals surface area contributed by atoms with E-state index in [-0.39, 0.29) is 6.04 Å². The minimum Gasteiger partial charge on any atom is -0.353 e. The zero-order valence-electron chi connectivity index (χ0n) is 15.8. The van der Waals surface area contributed by atoms with Crippen molar-refractivity contribution >= 4 is 41.0 Å². The molecule has 2 aromatic carbocycles. The average Bonchev–Trinajstić information content (AvgIpc) is 2.72. The maximum absolute atomic E-state index is 13.9. The number of amides is 2. The zero-order valence-corrected chi connectivity index (χ0v) is 16.5. The Labute approximate surface area is 173 Å². The van der Waals surface area contributed by atoms with Crippen LogP contribution in [0, 0.1) is 5.82 Å². The number of para-hydroxylation sites is 1. The second-order valence-electron chi connectivity index (χ2n) is 6.84. The molecule has 0 bridgehead atoms. The van der Waals surface area contributed by atoms with Crippen LogP contribution in [0.1, 0.15) is 37.7 Å². The molecule has 2 aromatic rings. The summed E-state index contributed by atoms with van der Waals surface area (Å²) < 4.78 is 13.9. The number of nitrogens with one attached hydrogen (secondary N) is 3. The summed E-state index contributed by atoms with van der Waals surface area (Å²) in [7, 11) is 0. The number of halogens is 2. The Morgan fingerprint density at radius 3 is 2.55 bits per heavy atom. The molecule has 0 saturated heterocycles. The van der Waals surface area contributed by atoms with Crippen molar-refractivity contribution in [3.05, 3.63) is 58.9 Å². The van der Waals surface area contributed by atoms with Crippen LogP contribution in [0.25, 0.3) is 0 Å². The zero-order chi connectivity index (χ0) is 20.6. The van der Waals surface area contributed by atoms with Crippen molar-refractivity contribution in [1.29, 1.82) is 0 Å². The van der Waals surface area contributed by atoms with Crippen LogP contribution >= 0.6 is 11.6 Å². The predicted octanol–water partition coefficient (Wildman–Crippen LogP) is 4.12. The van der Waals surface area contributed by atoms with Crippen LogP contribution < -0.4 is 16.1 Å². The third-order valence-corrected chi connectivity index (χ3v) is 4.91. The SMILES string of the molecule is O=C(N/N=C\c1cc(Cl)ccc1Nc1ccccc1F)C(=O)NC1CCCCC1. The molecule has 0 spiro atoms. The number of rotatable bonds is 5. The van der Waals surface area contributed by atoms with E-state index >= 15 is 0 Å². The van der Waals surface area contributed by atoms with Gasteiger partial charge in [-0.3, -0.25) is 9.59 Å². The third kappa shape index (κ3) is 6.02. The highest BCUT2D eigenvalue weighted by Crippen LogP contribution is 2.24. The second-order valence-corrected chi connectivity index (χ2v) is 7.28. The van der Waals surface area contributed by atoms with Gasteiger partial charge in [0, 0.05) is 22.3 Å². The highest BCUT2D eigenvalue weighted by atomic mass is 35.5. The van der Waals surface area contributed by atoms with Gasteiger partial charge in [0.25, 0.3) is 0 Å². The van der Waals surface area contributed by atoms with Crippen molar-refractivity contribution in [3.63, 3.8) is 0 Å². The molecule has 152 valence electrons. The van der Waals surface area contributed by atoms with Crippen LogP contribution in [0.3, 0.4) is 0 Å². The van der Waals surface area contributed by atoms with E-state index in [4.69, 9.17) is 11.6 Å². The Morgan fingerprint density at radius 2 is 1.79 bits per heavy atom. The molecule has 8 heteroatoms. The first-order valence-electron chi connectivity index (χ1n) is 9.48. The number of hydrogen-bond donors (Lipinski definition) is 3. The molecule has 0 aliphatic heterocycles.